The SMILES string of the molecule is CCOC(=O)C(CCC(=O)O)c1ccc2ccc3cccc4ccc1c2c34. The van der Waals surface area contributed by atoms with E-state index in [0.717, 1.165) is 32.5 Å². The molecule has 1 N–H and O–H groups in total. The van der Waals surface area contributed by atoms with Gasteiger partial charge in [0, 0.05) is 6.42 Å². The molecule has 0 saturated carbocycles. The standard InChI is InChI=1S/C23H20O4/c1-2-27-23(26)19(12-13-20(24)25)17-10-8-16-7-6-14-4-3-5-15-9-11-18(17)22(16)21(14)15/h3-11,19H,2,12-13H2,1H3,(H,24,25). The molecule has 1 unspecified atom stereocenters. The number of ether oxygens (including phenoxy) is 1. The van der Waals surface area contributed by atoms with Crippen LogP contribution in [0.2, 0.25) is 0 Å². The summed E-state index contributed by atoms with van der Waals surface area (Å²) in [6.07, 6.45) is 0.142. The van der Waals surface area contributed by atoms with Gasteiger partial charge in [0.25, 0.3) is 0 Å². The molecule has 0 aliphatic heterocycles. The quantitative estimate of drug-likeness (QED) is 0.384. The zero-order valence-electron chi connectivity index (χ0n) is 15.1. The Bertz CT molecular complexity index is 1130. The minimum absolute atomic E-state index is 0.0779. The van der Waals surface area contributed by atoms with Gasteiger partial charge < -0.3 is 9.84 Å². The number of carbonyl (C=O) groups excluding carboxylic acids is 1. The van der Waals surface area contributed by atoms with Crippen molar-refractivity contribution in [3.05, 3.63) is 60.2 Å². The third-order valence-corrected chi connectivity index (χ3v) is 5.16. The Labute approximate surface area is 156 Å². The lowest BCUT2D eigenvalue weighted by atomic mass is 9.86. The van der Waals surface area contributed by atoms with E-state index in [2.05, 4.69) is 30.3 Å². The third kappa shape index (κ3) is 2.97. The van der Waals surface area contributed by atoms with E-state index < -0.39 is 11.9 Å². The Morgan fingerprint density at radius 1 is 0.926 bits per heavy atom. The smallest absolute Gasteiger partial charge is 0.313 e. The molecular weight excluding hydrogens is 340 g/mol. The lowest BCUT2D eigenvalue weighted by molar-refractivity contribution is -0.145. The fraction of sp³-hybridized carbons (Fsp3) is 0.217. The van der Waals surface area contributed by atoms with Crippen molar-refractivity contribution in [3.8, 4) is 0 Å². The molecule has 27 heavy (non-hydrogen) atoms. The van der Waals surface area contributed by atoms with Crippen LogP contribution < -0.4 is 0 Å². The molecule has 4 aromatic rings. The molecule has 4 aromatic carbocycles. The number of carboxylic acid groups (broad SMARTS) is 1. The lowest BCUT2D eigenvalue weighted by Crippen LogP contribution is -2.17. The first-order chi connectivity index (χ1) is 13.1. The minimum Gasteiger partial charge on any atom is -0.481 e. The highest BCUT2D eigenvalue weighted by Crippen LogP contribution is 2.39. The second-order valence-electron chi connectivity index (χ2n) is 6.75. The van der Waals surface area contributed by atoms with E-state index in [4.69, 9.17) is 9.84 Å². The number of rotatable bonds is 6. The van der Waals surface area contributed by atoms with Gasteiger partial charge in [-0.15, -0.1) is 0 Å². The molecule has 0 saturated heterocycles. The lowest BCUT2D eigenvalue weighted by Gasteiger charge is -2.19. The largest absolute Gasteiger partial charge is 0.481 e. The Morgan fingerprint density at radius 3 is 2.22 bits per heavy atom. The van der Waals surface area contributed by atoms with Crippen LogP contribution in [0.15, 0.2) is 54.6 Å². The highest BCUT2D eigenvalue weighted by Gasteiger charge is 2.25. The van der Waals surface area contributed by atoms with Crippen molar-refractivity contribution >= 4 is 44.3 Å². The van der Waals surface area contributed by atoms with Crippen LogP contribution in [0.3, 0.4) is 0 Å². The number of carbonyl (C=O) groups is 2. The summed E-state index contributed by atoms with van der Waals surface area (Å²) in [5.41, 5.74) is 0.834. The molecule has 4 rings (SSSR count). The molecular formula is C23H20O4. The predicted octanol–water partition coefficient (Wildman–Crippen LogP) is 5.10. The zero-order valence-corrected chi connectivity index (χ0v) is 15.1. The number of hydrogen-bond acceptors (Lipinski definition) is 3. The maximum atomic E-state index is 12.6. The van der Waals surface area contributed by atoms with Gasteiger partial charge in [0.1, 0.15) is 0 Å². The Hall–Kier alpha value is -3.14. The van der Waals surface area contributed by atoms with E-state index in [1.165, 1.54) is 5.39 Å². The number of aliphatic carboxylic acids is 1. The van der Waals surface area contributed by atoms with Crippen molar-refractivity contribution < 1.29 is 19.4 Å². The van der Waals surface area contributed by atoms with Crippen molar-refractivity contribution in [2.24, 2.45) is 0 Å². The zero-order chi connectivity index (χ0) is 19.0. The molecule has 0 aromatic heterocycles. The second kappa shape index (κ2) is 6.88. The van der Waals surface area contributed by atoms with Crippen LogP contribution in [0, 0.1) is 0 Å². The van der Waals surface area contributed by atoms with Crippen molar-refractivity contribution in [2.45, 2.75) is 25.7 Å². The summed E-state index contributed by atoms with van der Waals surface area (Å²) >= 11 is 0. The molecule has 0 aliphatic carbocycles. The molecule has 4 heteroatoms. The minimum atomic E-state index is -0.915. The first-order valence-corrected chi connectivity index (χ1v) is 9.15. The van der Waals surface area contributed by atoms with Crippen molar-refractivity contribution in [1.82, 2.24) is 0 Å². The summed E-state index contributed by atoms with van der Waals surface area (Å²) in [7, 11) is 0. The number of carboxylic acids is 1. The average Bonchev–Trinajstić information content (AvgIpc) is 2.67. The van der Waals surface area contributed by atoms with Crippen molar-refractivity contribution in [2.75, 3.05) is 6.61 Å². The van der Waals surface area contributed by atoms with Gasteiger partial charge in [-0.3, -0.25) is 9.59 Å². The molecule has 0 radical (unpaired) electrons. The van der Waals surface area contributed by atoms with E-state index in [1.807, 2.05) is 24.3 Å². The molecule has 1 atom stereocenters. The summed E-state index contributed by atoms with van der Waals surface area (Å²) in [4.78, 5) is 23.7. The molecule has 0 heterocycles. The van der Waals surface area contributed by atoms with Gasteiger partial charge >= 0.3 is 11.9 Å². The van der Waals surface area contributed by atoms with Crippen molar-refractivity contribution in [1.29, 1.82) is 0 Å². The van der Waals surface area contributed by atoms with Gasteiger partial charge in [-0.2, -0.15) is 0 Å². The van der Waals surface area contributed by atoms with E-state index in [9.17, 15) is 9.59 Å². The van der Waals surface area contributed by atoms with E-state index >= 15 is 0 Å². The van der Waals surface area contributed by atoms with Gasteiger partial charge in [-0.1, -0.05) is 54.6 Å². The third-order valence-electron chi connectivity index (χ3n) is 5.16. The first kappa shape index (κ1) is 17.3. The van der Waals surface area contributed by atoms with Gasteiger partial charge in [-0.25, -0.2) is 0 Å². The monoisotopic (exact) mass is 360 g/mol. The van der Waals surface area contributed by atoms with Crippen molar-refractivity contribution in [3.63, 3.8) is 0 Å². The number of benzene rings is 4. The molecule has 0 fully saturated rings. The van der Waals surface area contributed by atoms with Gasteiger partial charge in [0.2, 0.25) is 0 Å². The van der Waals surface area contributed by atoms with E-state index in [-0.39, 0.29) is 25.4 Å². The molecule has 0 bridgehead atoms. The summed E-state index contributed by atoms with van der Waals surface area (Å²) in [6, 6.07) is 18.4. The van der Waals surface area contributed by atoms with Gasteiger partial charge in [0.15, 0.2) is 0 Å². The van der Waals surface area contributed by atoms with Gasteiger partial charge in [0.05, 0.1) is 12.5 Å². The first-order valence-electron chi connectivity index (χ1n) is 9.15. The van der Waals surface area contributed by atoms with Crippen LogP contribution in [0.5, 0.6) is 0 Å². The maximum absolute atomic E-state index is 12.6. The summed E-state index contributed by atoms with van der Waals surface area (Å²) in [5.74, 6) is -1.87. The van der Waals surface area contributed by atoms with Crippen LogP contribution in [0.1, 0.15) is 31.2 Å². The topological polar surface area (TPSA) is 63.6 Å². The summed E-state index contributed by atoms with van der Waals surface area (Å²) in [6.45, 7) is 2.03. The molecule has 0 spiro atoms. The summed E-state index contributed by atoms with van der Waals surface area (Å²) < 4.78 is 5.25. The fourth-order valence-electron chi connectivity index (χ4n) is 3.97. The van der Waals surface area contributed by atoms with Gasteiger partial charge in [-0.05, 0) is 51.2 Å². The highest BCUT2D eigenvalue weighted by molar-refractivity contribution is 6.23. The summed E-state index contributed by atoms with van der Waals surface area (Å²) in [5, 5.41) is 15.8. The molecule has 136 valence electrons. The molecule has 4 nitrogen and oxygen atoms in total. The Kier molecular flexibility index (Phi) is 4.40. The maximum Gasteiger partial charge on any atom is 0.313 e. The van der Waals surface area contributed by atoms with Crippen LogP contribution in [-0.4, -0.2) is 23.7 Å². The Morgan fingerprint density at radius 2 is 1.56 bits per heavy atom. The van der Waals surface area contributed by atoms with E-state index in [0.29, 0.717) is 0 Å². The van der Waals surface area contributed by atoms with Crippen LogP contribution in [0.25, 0.3) is 32.3 Å². The van der Waals surface area contributed by atoms with Crippen LogP contribution >= 0.6 is 0 Å². The molecule has 0 aliphatic rings. The Balaban J connectivity index is 1.96. The second-order valence-corrected chi connectivity index (χ2v) is 6.75. The number of esters is 1. The predicted molar refractivity (Wildman–Crippen MR) is 106 cm³/mol. The van der Waals surface area contributed by atoms with Crippen LogP contribution in [-0.2, 0) is 14.3 Å². The highest BCUT2D eigenvalue weighted by atomic mass is 16.5. The normalized spacial score (nSPS) is 12.6. The number of hydrogen-bond donors (Lipinski definition) is 1. The average molecular weight is 360 g/mol. The molecule has 0 amide bonds. The van der Waals surface area contributed by atoms with E-state index in [1.54, 1.807) is 6.92 Å². The fourth-order valence-corrected chi connectivity index (χ4v) is 3.97. The van der Waals surface area contributed by atoms with Crippen LogP contribution in [0.4, 0.5) is 0 Å².